The van der Waals surface area contributed by atoms with Gasteiger partial charge in [-0.05, 0) is 55.7 Å². The van der Waals surface area contributed by atoms with Gasteiger partial charge >= 0.3 is 0 Å². The number of hydrogen-bond acceptors (Lipinski definition) is 0. The van der Waals surface area contributed by atoms with Crippen LogP contribution in [0.15, 0.2) is 24.3 Å². The second-order valence-corrected chi connectivity index (χ2v) is 4.91. The smallest absolute Gasteiger partial charge is 0.0406 e. The molecule has 1 aliphatic rings. The molecule has 15 heavy (non-hydrogen) atoms. The molecule has 1 heteroatoms. The summed E-state index contributed by atoms with van der Waals surface area (Å²) in [6.45, 7) is 0. The van der Waals surface area contributed by atoms with Gasteiger partial charge in [-0.1, -0.05) is 36.6 Å². The van der Waals surface area contributed by atoms with Crippen LogP contribution in [-0.4, -0.2) is 0 Å². The van der Waals surface area contributed by atoms with Crippen LogP contribution in [0.3, 0.4) is 0 Å². The van der Waals surface area contributed by atoms with E-state index in [9.17, 15) is 0 Å². The molecule has 81 valence electrons. The number of benzene rings is 1. The minimum Gasteiger partial charge on any atom is -0.0843 e. The first kappa shape index (κ1) is 11.0. The van der Waals surface area contributed by atoms with Crippen molar-refractivity contribution in [3.8, 4) is 0 Å². The van der Waals surface area contributed by atoms with Crippen molar-refractivity contribution < 1.29 is 0 Å². The van der Waals surface area contributed by atoms with Gasteiger partial charge in [0, 0.05) is 5.02 Å². The van der Waals surface area contributed by atoms with Gasteiger partial charge in [-0.25, -0.2) is 0 Å². The van der Waals surface area contributed by atoms with Crippen LogP contribution in [0, 0.1) is 12.3 Å². The molecule has 1 aromatic rings. The van der Waals surface area contributed by atoms with Gasteiger partial charge in [0.25, 0.3) is 0 Å². The van der Waals surface area contributed by atoms with Crippen molar-refractivity contribution in [3.63, 3.8) is 0 Å². The highest BCUT2D eigenvalue weighted by Gasteiger charge is 2.12. The summed E-state index contributed by atoms with van der Waals surface area (Å²) in [4.78, 5) is 0. The van der Waals surface area contributed by atoms with E-state index in [1.54, 1.807) is 0 Å². The molecular weight excluding hydrogens is 204 g/mol. The van der Waals surface area contributed by atoms with Crippen molar-refractivity contribution in [1.82, 2.24) is 0 Å². The van der Waals surface area contributed by atoms with Gasteiger partial charge in [-0.3, -0.25) is 0 Å². The zero-order chi connectivity index (χ0) is 10.5. The third kappa shape index (κ3) is 3.53. The minimum atomic E-state index is 0.839. The Bertz CT molecular complexity index is 283. The first-order chi connectivity index (χ1) is 7.34. The van der Waals surface area contributed by atoms with Gasteiger partial charge in [0.1, 0.15) is 0 Å². The Hall–Kier alpha value is -0.490. The third-order valence-electron chi connectivity index (χ3n) is 3.31. The highest BCUT2D eigenvalue weighted by molar-refractivity contribution is 6.30. The Morgan fingerprint density at radius 2 is 1.73 bits per heavy atom. The zero-order valence-corrected chi connectivity index (χ0v) is 9.84. The van der Waals surface area contributed by atoms with E-state index in [2.05, 4.69) is 18.6 Å². The number of halogens is 1. The van der Waals surface area contributed by atoms with Crippen LogP contribution < -0.4 is 0 Å². The van der Waals surface area contributed by atoms with Crippen LogP contribution in [0.1, 0.15) is 37.7 Å². The molecule has 0 atom stereocenters. The molecule has 1 aromatic carbocycles. The Morgan fingerprint density at radius 1 is 1.07 bits per heavy atom. The van der Waals surface area contributed by atoms with Crippen molar-refractivity contribution in [2.75, 3.05) is 0 Å². The van der Waals surface area contributed by atoms with Crippen LogP contribution in [0.2, 0.25) is 5.02 Å². The van der Waals surface area contributed by atoms with E-state index < -0.39 is 0 Å². The van der Waals surface area contributed by atoms with Gasteiger partial charge in [0.05, 0.1) is 0 Å². The SMILES string of the molecule is Clc1ccc(CCC2CC[CH]CC2)cc1. The van der Waals surface area contributed by atoms with Crippen LogP contribution >= 0.6 is 11.6 Å². The van der Waals surface area contributed by atoms with E-state index in [1.165, 1.54) is 44.1 Å². The lowest BCUT2D eigenvalue weighted by Crippen LogP contribution is -2.07. The minimum absolute atomic E-state index is 0.839. The van der Waals surface area contributed by atoms with Gasteiger partial charge in [-0.2, -0.15) is 0 Å². The predicted molar refractivity (Wildman–Crippen MR) is 66.0 cm³/mol. The monoisotopic (exact) mass is 221 g/mol. The second kappa shape index (κ2) is 5.55. The van der Waals surface area contributed by atoms with Crippen molar-refractivity contribution >= 4 is 11.6 Å². The molecule has 0 heterocycles. The van der Waals surface area contributed by atoms with Crippen LogP contribution in [0.25, 0.3) is 0 Å². The quantitative estimate of drug-likeness (QED) is 0.696. The number of aryl methyl sites for hydroxylation is 1. The maximum absolute atomic E-state index is 5.86. The van der Waals surface area contributed by atoms with E-state index >= 15 is 0 Å². The molecule has 0 unspecified atom stereocenters. The maximum Gasteiger partial charge on any atom is 0.0406 e. The molecule has 0 nitrogen and oxygen atoms in total. The number of hydrogen-bond donors (Lipinski definition) is 0. The first-order valence-electron chi connectivity index (χ1n) is 5.91. The first-order valence-corrected chi connectivity index (χ1v) is 6.28. The summed E-state index contributed by atoms with van der Waals surface area (Å²) in [6.07, 6.45) is 10.4. The topological polar surface area (TPSA) is 0 Å². The predicted octanol–water partition coefficient (Wildman–Crippen LogP) is 4.67. The Kier molecular flexibility index (Phi) is 4.08. The summed E-state index contributed by atoms with van der Waals surface area (Å²) >= 11 is 5.86. The molecule has 2 rings (SSSR count). The molecule has 0 spiro atoms. The van der Waals surface area contributed by atoms with E-state index in [4.69, 9.17) is 11.6 Å². The lowest BCUT2D eigenvalue weighted by molar-refractivity contribution is 0.381. The average molecular weight is 222 g/mol. The molecule has 1 fully saturated rings. The maximum atomic E-state index is 5.86. The van der Waals surface area contributed by atoms with Gasteiger partial charge in [0.2, 0.25) is 0 Å². The van der Waals surface area contributed by atoms with Crippen molar-refractivity contribution in [3.05, 3.63) is 41.3 Å². The summed E-state index contributed by atoms with van der Waals surface area (Å²) in [5, 5.41) is 0.839. The molecule has 1 aliphatic carbocycles. The van der Waals surface area contributed by atoms with Gasteiger partial charge in [-0.15, -0.1) is 0 Å². The fourth-order valence-electron chi connectivity index (χ4n) is 2.31. The molecule has 1 saturated carbocycles. The average Bonchev–Trinajstić information content (AvgIpc) is 2.30. The Morgan fingerprint density at radius 3 is 2.40 bits per heavy atom. The lowest BCUT2D eigenvalue weighted by Gasteiger charge is -2.21. The lowest BCUT2D eigenvalue weighted by atomic mass is 9.85. The highest BCUT2D eigenvalue weighted by atomic mass is 35.5. The van der Waals surface area contributed by atoms with Gasteiger partial charge < -0.3 is 0 Å². The van der Waals surface area contributed by atoms with E-state index in [0.717, 1.165) is 10.9 Å². The van der Waals surface area contributed by atoms with E-state index in [-0.39, 0.29) is 0 Å². The Balaban J connectivity index is 1.79. The van der Waals surface area contributed by atoms with Crippen LogP contribution in [-0.2, 0) is 6.42 Å². The molecular formula is C14H18Cl. The molecule has 0 aliphatic heterocycles. The van der Waals surface area contributed by atoms with Gasteiger partial charge in [0.15, 0.2) is 0 Å². The summed E-state index contributed by atoms with van der Waals surface area (Å²) in [6, 6.07) is 8.28. The molecule has 0 aromatic heterocycles. The molecule has 0 amide bonds. The normalized spacial score (nSPS) is 17.9. The van der Waals surface area contributed by atoms with E-state index in [0.29, 0.717) is 0 Å². The largest absolute Gasteiger partial charge is 0.0843 e. The summed E-state index contributed by atoms with van der Waals surface area (Å²) in [7, 11) is 0. The highest BCUT2D eigenvalue weighted by Crippen LogP contribution is 2.27. The summed E-state index contributed by atoms with van der Waals surface area (Å²) in [5.74, 6) is 0.950. The standard InChI is InChI=1S/C14H18Cl/c15-14-10-8-13(9-11-14)7-6-12-4-2-1-3-5-12/h1,8-12H,2-7H2. The number of rotatable bonds is 3. The van der Waals surface area contributed by atoms with Crippen molar-refractivity contribution in [1.29, 1.82) is 0 Å². The third-order valence-corrected chi connectivity index (χ3v) is 3.56. The van der Waals surface area contributed by atoms with E-state index in [1.807, 2.05) is 12.1 Å². The second-order valence-electron chi connectivity index (χ2n) is 4.47. The van der Waals surface area contributed by atoms with Crippen molar-refractivity contribution in [2.24, 2.45) is 5.92 Å². The molecule has 0 bridgehead atoms. The van der Waals surface area contributed by atoms with Crippen LogP contribution in [0.4, 0.5) is 0 Å². The molecule has 0 N–H and O–H groups in total. The summed E-state index contributed by atoms with van der Waals surface area (Å²) in [5.41, 5.74) is 1.42. The van der Waals surface area contributed by atoms with Crippen LogP contribution in [0.5, 0.6) is 0 Å². The summed E-state index contributed by atoms with van der Waals surface area (Å²) < 4.78 is 0. The molecule has 0 saturated heterocycles. The Labute approximate surface area is 97.6 Å². The fourth-order valence-corrected chi connectivity index (χ4v) is 2.43. The zero-order valence-electron chi connectivity index (χ0n) is 9.08. The molecule has 1 radical (unpaired) electrons. The fraction of sp³-hybridized carbons (Fsp3) is 0.500. The van der Waals surface area contributed by atoms with Crippen molar-refractivity contribution in [2.45, 2.75) is 38.5 Å².